The lowest BCUT2D eigenvalue weighted by atomic mass is 9.82. The Hall–Kier alpha value is -6.78. The number of furan rings is 1. The number of hydrogen-bond donors (Lipinski definition) is 1. The van der Waals surface area contributed by atoms with Crippen LogP contribution in [0.5, 0.6) is 5.75 Å². The number of nitrogens with two attached hydrogens (primary N) is 1. The van der Waals surface area contributed by atoms with Crippen LogP contribution in [-0.2, 0) is 12.0 Å². The number of para-hydroxylation sites is 1. The van der Waals surface area contributed by atoms with Crippen molar-refractivity contribution in [2.45, 2.75) is 25.9 Å². The van der Waals surface area contributed by atoms with Crippen LogP contribution in [0.2, 0.25) is 0 Å². The molecule has 0 aliphatic heterocycles. The highest BCUT2D eigenvalue weighted by molar-refractivity contribution is 6.06. The summed E-state index contributed by atoms with van der Waals surface area (Å²) in [5.74, 6) is 0.712. The molecule has 4 nitrogen and oxygen atoms in total. The van der Waals surface area contributed by atoms with Crippen LogP contribution in [-0.4, -0.2) is 0 Å². The third kappa shape index (κ3) is 5.14. The molecule has 0 spiro atoms. The van der Waals surface area contributed by atoms with E-state index in [1.807, 2.05) is 36.4 Å². The predicted octanol–water partition coefficient (Wildman–Crippen LogP) is 13.3. The number of fused-ring (bicyclic) bond motifs is 7. The lowest BCUT2D eigenvalue weighted by Gasteiger charge is -2.28. The summed E-state index contributed by atoms with van der Waals surface area (Å²) in [5, 5.41) is 4.32. The molecule has 0 saturated heterocycles. The average molecular weight is 699 g/mol. The predicted molar refractivity (Wildman–Crippen MR) is 224 cm³/mol. The number of ether oxygens (including phenoxy) is 1. The zero-order chi connectivity index (χ0) is 36.4. The molecule has 0 bridgehead atoms. The van der Waals surface area contributed by atoms with Crippen molar-refractivity contribution in [2.75, 3.05) is 10.6 Å². The first-order valence-electron chi connectivity index (χ1n) is 18.5. The van der Waals surface area contributed by atoms with Crippen LogP contribution >= 0.6 is 0 Å². The molecule has 0 radical (unpaired) electrons. The Morgan fingerprint density at radius 2 is 1.17 bits per heavy atom. The van der Waals surface area contributed by atoms with Crippen molar-refractivity contribution >= 4 is 55.5 Å². The summed E-state index contributed by atoms with van der Waals surface area (Å²) in [5.41, 5.74) is 20.6. The van der Waals surface area contributed by atoms with Crippen LogP contribution in [0.15, 0.2) is 174 Å². The Labute approximate surface area is 314 Å². The van der Waals surface area contributed by atoms with Crippen LogP contribution in [0.25, 0.3) is 55.0 Å². The fourth-order valence-corrected chi connectivity index (χ4v) is 8.41. The Morgan fingerprint density at radius 3 is 2.04 bits per heavy atom. The van der Waals surface area contributed by atoms with E-state index < -0.39 is 0 Å². The third-order valence-electron chi connectivity index (χ3n) is 11.2. The van der Waals surface area contributed by atoms with E-state index in [-0.39, 0.29) is 5.41 Å². The van der Waals surface area contributed by atoms with Crippen molar-refractivity contribution < 1.29 is 9.15 Å². The first-order chi connectivity index (χ1) is 26.4. The Bertz CT molecular complexity index is 2870. The molecule has 1 aliphatic carbocycles. The molecule has 1 heterocycles. The first kappa shape index (κ1) is 31.9. The van der Waals surface area contributed by atoms with E-state index in [4.69, 9.17) is 14.9 Å². The molecule has 0 atom stereocenters. The lowest BCUT2D eigenvalue weighted by molar-refractivity contribution is 0.312. The van der Waals surface area contributed by atoms with E-state index in [1.54, 1.807) is 0 Å². The van der Waals surface area contributed by atoms with Gasteiger partial charge in [0.25, 0.3) is 0 Å². The van der Waals surface area contributed by atoms with Gasteiger partial charge in [-0.2, -0.15) is 0 Å². The average Bonchev–Trinajstić information content (AvgIpc) is 3.69. The molecule has 260 valence electrons. The molecule has 0 fully saturated rings. The van der Waals surface area contributed by atoms with E-state index >= 15 is 0 Å². The number of benzene rings is 8. The minimum atomic E-state index is -0.123. The first-order valence-corrected chi connectivity index (χ1v) is 18.5. The minimum absolute atomic E-state index is 0.123. The quantitative estimate of drug-likeness (QED) is 0.168. The molecular formula is C50H38N2O2. The smallest absolute Gasteiger partial charge is 0.150 e. The number of rotatable bonds is 7. The molecule has 4 heteroatoms. The van der Waals surface area contributed by atoms with E-state index in [0.29, 0.717) is 18.0 Å². The van der Waals surface area contributed by atoms with Crippen molar-refractivity contribution in [2.24, 2.45) is 0 Å². The highest BCUT2D eigenvalue weighted by atomic mass is 16.5. The zero-order valence-electron chi connectivity index (χ0n) is 30.2. The summed E-state index contributed by atoms with van der Waals surface area (Å²) in [6.45, 7) is 5.11. The topological polar surface area (TPSA) is 51.6 Å². The van der Waals surface area contributed by atoms with Crippen molar-refractivity contribution in [3.63, 3.8) is 0 Å². The van der Waals surface area contributed by atoms with Crippen molar-refractivity contribution in [3.8, 4) is 28.0 Å². The molecule has 54 heavy (non-hydrogen) atoms. The summed E-state index contributed by atoms with van der Waals surface area (Å²) < 4.78 is 12.7. The lowest BCUT2D eigenvalue weighted by Crippen LogP contribution is -2.16. The standard InChI is InChI=1S/C50H38N2O2/c1-50(2)44-17-8-6-13-39(44)40-25-23-35(29-45(40)50)52(36-24-26-42-41-14-7-9-18-47(41)54-48(42)30-36)34-21-19-33(20-22-34)37-15-10-16-43-38(37)27-28-46(51)49(43)53-31-32-11-4-3-5-12-32/h3-30H,31,51H2,1-2H3. The second-order valence-electron chi connectivity index (χ2n) is 14.7. The van der Waals surface area contributed by atoms with Gasteiger partial charge in [-0.3, -0.25) is 0 Å². The molecular weight excluding hydrogens is 661 g/mol. The van der Waals surface area contributed by atoms with Crippen LogP contribution in [0.1, 0.15) is 30.5 Å². The van der Waals surface area contributed by atoms with E-state index in [9.17, 15) is 0 Å². The van der Waals surface area contributed by atoms with Crippen LogP contribution in [0.4, 0.5) is 22.7 Å². The monoisotopic (exact) mass is 698 g/mol. The maximum absolute atomic E-state index is 6.50. The highest BCUT2D eigenvalue weighted by Crippen LogP contribution is 2.51. The summed E-state index contributed by atoms with van der Waals surface area (Å²) in [6.07, 6.45) is 0. The molecule has 1 aliphatic rings. The Morgan fingerprint density at radius 1 is 0.519 bits per heavy atom. The van der Waals surface area contributed by atoms with Gasteiger partial charge in [-0.1, -0.05) is 129 Å². The van der Waals surface area contributed by atoms with Crippen molar-refractivity contribution in [1.29, 1.82) is 0 Å². The molecule has 0 amide bonds. The van der Waals surface area contributed by atoms with Gasteiger partial charge in [0.05, 0.1) is 5.69 Å². The second kappa shape index (κ2) is 12.4. The zero-order valence-corrected chi connectivity index (χ0v) is 30.2. The fraction of sp³-hybridized carbons (Fsp3) is 0.0800. The summed E-state index contributed by atoms with van der Waals surface area (Å²) in [6, 6.07) is 59.9. The van der Waals surface area contributed by atoms with Gasteiger partial charge in [0, 0.05) is 44.7 Å². The number of anilines is 4. The molecule has 8 aromatic carbocycles. The molecule has 9 aromatic rings. The second-order valence-corrected chi connectivity index (χ2v) is 14.7. The molecule has 0 unspecified atom stereocenters. The number of nitrogens with zero attached hydrogens (tertiary/aromatic N) is 1. The molecule has 0 saturated carbocycles. The van der Waals surface area contributed by atoms with Gasteiger partial charge in [-0.05, 0) is 92.9 Å². The maximum Gasteiger partial charge on any atom is 0.150 e. The molecule has 10 rings (SSSR count). The van der Waals surface area contributed by atoms with Gasteiger partial charge in [0.15, 0.2) is 5.75 Å². The minimum Gasteiger partial charge on any atom is -0.486 e. The van der Waals surface area contributed by atoms with E-state index in [0.717, 1.165) is 66.5 Å². The summed E-state index contributed by atoms with van der Waals surface area (Å²) in [7, 11) is 0. The number of hydrogen-bond acceptors (Lipinski definition) is 4. The van der Waals surface area contributed by atoms with Gasteiger partial charge >= 0.3 is 0 Å². The van der Waals surface area contributed by atoms with Crippen molar-refractivity contribution in [1.82, 2.24) is 0 Å². The van der Waals surface area contributed by atoms with Gasteiger partial charge in [0.2, 0.25) is 0 Å². The van der Waals surface area contributed by atoms with Crippen molar-refractivity contribution in [3.05, 3.63) is 187 Å². The highest BCUT2D eigenvalue weighted by Gasteiger charge is 2.35. The third-order valence-corrected chi connectivity index (χ3v) is 11.2. The summed E-state index contributed by atoms with van der Waals surface area (Å²) in [4.78, 5) is 2.34. The number of nitrogen functional groups attached to an aromatic ring is 1. The largest absolute Gasteiger partial charge is 0.486 e. The van der Waals surface area contributed by atoms with Gasteiger partial charge < -0.3 is 19.8 Å². The molecule has 1 aromatic heterocycles. The Balaban J connectivity index is 1.07. The fourth-order valence-electron chi connectivity index (χ4n) is 8.41. The summed E-state index contributed by atoms with van der Waals surface area (Å²) >= 11 is 0. The SMILES string of the molecule is CC1(C)c2ccccc2-c2ccc(N(c3ccc(-c4cccc5c(OCc6ccccc6)c(N)ccc45)cc3)c3ccc4c(c3)oc3ccccc34)cc21. The normalized spacial score (nSPS) is 12.9. The van der Waals surface area contributed by atoms with Gasteiger partial charge in [-0.25, -0.2) is 0 Å². The van der Waals surface area contributed by atoms with E-state index in [2.05, 4.69) is 152 Å². The Kier molecular flexibility index (Phi) is 7.34. The van der Waals surface area contributed by atoms with Gasteiger partial charge in [-0.15, -0.1) is 0 Å². The maximum atomic E-state index is 6.50. The van der Waals surface area contributed by atoms with Crippen LogP contribution in [0.3, 0.4) is 0 Å². The molecule has 2 N–H and O–H groups in total. The van der Waals surface area contributed by atoms with Crippen LogP contribution < -0.4 is 15.4 Å². The van der Waals surface area contributed by atoms with E-state index in [1.165, 1.54) is 22.3 Å². The van der Waals surface area contributed by atoms with Gasteiger partial charge in [0.1, 0.15) is 17.8 Å². The van der Waals surface area contributed by atoms with Crippen LogP contribution in [0, 0.1) is 0 Å².